The highest BCUT2D eigenvalue weighted by Gasteiger charge is 2.33. The normalized spacial score (nSPS) is 26.0. The number of hydrogen-bond donors (Lipinski definition) is 1. The molecule has 0 aromatic heterocycles. The Bertz CT molecular complexity index is 473. The highest BCUT2D eigenvalue weighted by molar-refractivity contribution is 5.30. The van der Waals surface area contributed by atoms with Crippen LogP contribution in [0.2, 0.25) is 0 Å². The lowest BCUT2D eigenvalue weighted by Crippen LogP contribution is -2.32. The Labute approximate surface area is 127 Å². The minimum absolute atomic E-state index is 0.00185. The summed E-state index contributed by atoms with van der Waals surface area (Å²) in [6.07, 6.45) is 4.18. The lowest BCUT2D eigenvalue weighted by atomic mass is 9.71. The Morgan fingerprint density at radius 1 is 1.24 bits per heavy atom. The van der Waals surface area contributed by atoms with Gasteiger partial charge in [-0.15, -0.1) is 0 Å². The summed E-state index contributed by atoms with van der Waals surface area (Å²) >= 11 is 0. The van der Waals surface area contributed by atoms with E-state index in [0.717, 1.165) is 38.8 Å². The van der Waals surface area contributed by atoms with Crippen molar-refractivity contribution in [2.24, 2.45) is 11.8 Å². The van der Waals surface area contributed by atoms with E-state index in [1.807, 2.05) is 0 Å². The van der Waals surface area contributed by atoms with Crippen molar-refractivity contribution >= 4 is 0 Å². The van der Waals surface area contributed by atoms with Crippen LogP contribution >= 0.6 is 0 Å². The largest absolute Gasteiger partial charge is 0.316 e. The first-order chi connectivity index (χ1) is 10.0. The van der Waals surface area contributed by atoms with Crippen molar-refractivity contribution in [1.29, 1.82) is 0 Å². The van der Waals surface area contributed by atoms with Gasteiger partial charge in [-0.25, -0.2) is 8.78 Å². The number of aryl methyl sites for hydroxylation is 1. The van der Waals surface area contributed by atoms with Crippen molar-refractivity contribution in [3.05, 3.63) is 34.9 Å². The van der Waals surface area contributed by atoms with Gasteiger partial charge in [0.1, 0.15) is 11.6 Å². The van der Waals surface area contributed by atoms with Crippen molar-refractivity contribution in [1.82, 2.24) is 5.32 Å². The first kappa shape index (κ1) is 16.4. The maximum absolute atomic E-state index is 14.5. The second kappa shape index (κ2) is 7.35. The Morgan fingerprint density at radius 3 is 2.71 bits per heavy atom. The second-order valence-electron chi connectivity index (χ2n) is 6.58. The quantitative estimate of drug-likeness (QED) is 0.770. The standard InChI is InChI=1S/C18H27F2N/c1-4-9-21-11-14-7-5-12(2)10-15(14)17-16(19)8-6-13(3)18(17)20/h6,8,12,14-15,21H,4-5,7,9-11H2,1-3H3. The molecule has 1 saturated carbocycles. The van der Waals surface area contributed by atoms with Gasteiger partial charge in [0.15, 0.2) is 0 Å². The molecule has 1 nitrogen and oxygen atoms in total. The molecule has 0 aliphatic heterocycles. The lowest BCUT2D eigenvalue weighted by molar-refractivity contribution is 0.233. The van der Waals surface area contributed by atoms with Gasteiger partial charge < -0.3 is 5.32 Å². The van der Waals surface area contributed by atoms with E-state index >= 15 is 0 Å². The van der Waals surface area contributed by atoms with Gasteiger partial charge in [-0.3, -0.25) is 0 Å². The van der Waals surface area contributed by atoms with Crippen molar-refractivity contribution < 1.29 is 8.78 Å². The molecule has 0 saturated heterocycles. The highest BCUT2D eigenvalue weighted by atomic mass is 19.1. The minimum Gasteiger partial charge on any atom is -0.316 e. The van der Waals surface area contributed by atoms with Crippen LogP contribution in [0.25, 0.3) is 0 Å². The van der Waals surface area contributed by atoms with Gasteiger partial charge in [-0.1, -0.05) is 26.3 Å². The molecule has 0 heterocycles. The summed E-state index contributed by atoms with van der Waals surface area (Å²) in [5.41, 5.74) is 0.870. The van der Waals surface area contributed by atoms with Crippen LogP contribution in [-0.2, 0) is 0 Å². The lowest BCUT2D eigenvalue weighted by Gasteiger charge is -2.36. The third-order valence-electron chi connectivity index (χ3n) is 4.78. The molecule has 2 rings (SSSR count). The van der Waals surface area contributed by atoms with Gasteiger partial charge in [0.05, 0.1) is 0 Å². The van der Waals surface area contributed by atoms with Gasteiger partial charge in [-0.05, 0) is 68.7 Å². The summed E-state index contributed by atoms with van der Waals surface area (Å²) in [6.45, 7) is 7.87. The predicted molar refractivity (Wildman–Crippen MR) is 83.5 cm³/mol. The Hall–Kier alpha value is -0.960. The van der Waals surface area contributed by atoms with E-state index in [2.05, 4.69) is 19.2 Å². The second-order valence-corrected chi connectivity index (χ2v) is 6.58. The predicted octanol–water partition coefficient (Wildman–Crippen LogP) is 4.79. The van der Waals surface area contributed by atoms with Crippen molar-refractivity contribution in [3.63, 3.8) is 0 Å². The number of nitrogens with one attached hydrogen (secondary N) is 1. The van der Waals surface area contributed by atoms with E-state index in [4.69, 9.17) is 0 Å². The third-order valence-corrected chi connectivity index (χ3v) is 4.78. The van der Waals surface area contributed by atoms with E-state index in [1.165, 1.54) is 12.1 Å². The molecule has 1 aromatic carbocycles. The van der Waals surface area contributed by atoms with Crippen molar-refractivity contribution in [2.45, 2.75) is 52.4 Å². The zero-order chi connectivity index (χ0) is 15.4. The van der Waals surface area contributed by atoms with Gasteiger partial charge in [0, 0.05) is 5.56 Å². The molecule has 1 N–H and O–H groups in total. The SMILES string of the molecule is CCCNCC1CCC(C)CC1c1c(F)ccc(C)c1F. The zero-order valence-electron chi connectivity index (χ0n) is 13.4. The molecule has 0 bridgehead atoms. The molecular weight excluding hydrogens is 268 g/mol. The van der Waals surface area contributed by atoms with Gasteiger partial charge in [0.2, 0.25) is 0 Å². The number of hydrogen-bond acceptors (Lipinski definition) is 1. The fraction of sp³-hybridized carbons (Fsp3) is 0.667. The molecule has 0 radical (unpaired) electrons. The van der Waals surface area contributed by atoms with Crippen molar-refractivity contribution in [2.75, 3.05) is 13.1 Å². The molecule has 21 heavy (non-hydrogen) atoms. The van der Waals surface area contributed by atoms with Gasteiger partial charge in [0.25, 0.3) is 0 Å². The van der Waals surface area contributed by atoms with E-state index in [-0.39, 0.29) is 17.6 Å². The summed E-state index contributed by atoms with van der Waals surface area (Å²) in [5, 5.41) is 3.43. The fourth-order valence-corrected chi connectivity index (χ4v) is 3.52. The number of benzene rings is 1. The zero-order valence-corrected chi connectivity index (χ0v) is 13.4. The van der Waals surface area contributed by atoms with Crippen LogP contribution in [0.4, 0.5) is 8.78 Å². The Kier molecular flexibility index (Phi) is 5.74. The Balaban J connectivity index is 2.25. The maximum atomic E-state index is 14.5. The number of rotatable bonds is 5. The van der Waals surface area contributed by atoms with Crippen LogP contribution in [0.5, 0.6) is 0 Å². The molecular formula is C18H27F2N. The molecule has 118 valence electrons. The van der Waals surface area contributed by atoms with Crippen LogP contribution in [0, 0.1) is 30.4 Å². The molecule has 0 spiro atoms. The van der Waals surface area contributed by atoms with Crippen molar-refractivity contribution in [3.8, 4) is 0 Å². The summed E-state index contributed by atoms with van der Waals surface area (Å²) in [6, 6.07) is 2.95. The topological polar surface area (TPSA) is 12.0 Å². The number of halogens is 2. The molecule has 1 fully saturated rings. The van der Waals surface area contributed by atoms with Gasteiger partial charge >= 0.3 is 0 Å². The average molecular weight is 295 g/mol. The first-order valence-corrected chi connectivity index (χ1v) is 8.19. The van der Waals surface area contributed by atoms with Crippen LogP contribution in [0.1, 0.15) is 56.6 Å². The smallest absolute Gasteiger partial charge is 0.132 e. The molecule has 1 aromatic rings. The fourth-order valence-electron chi connectivity index (χ4n) is 3.52. The summed E-state index contributed by atoms with van der Waals surface area (Å²) in [5.74, 6) is 0.153. The average Bonchev–Trinajstić information content (AvgIpc) is 2.46. The molecule has 3 atom stereocenters. The van der Waals surface area contributed by atoms with E-state index in [9.17, 15) is 8.78 Å². The van der Waals surface area contributed by atoms with Crippen LogP contribution in [0.15, 0.2) is 12.1 Å². The third kappa shape index (κ3) is 3.82. The van der Waals surface area contributed by atoms with Crippen LogP contribution in [0.3, 0.4) is 0 Å². The van der Waals surface area contributed by atoms with E-state index in [0.29, 0.717) is 23.0 Å². The van der Waals surface area contributed by atoms with Gasteiger partial charge in [-0.2, -0.15) is 0 Å². The maximum Gasteiger partial charge on any atom is 0.132 e. The minimum atomic E-state index is -0.377. The molecule has 3 unspecified atom stereocenters. The monoisotopic (exact) mass is 295 g/mol. The van der Waals surface area contributed by atoms with E-state index in [1.54, 1.807) is 6.92 Å². The molecule has 1 aliphatic carbocycles. The molecule has 0 amide bonds. The summed E-state index contributed by atoms with van der Waals surface area (Å²) in [7, 11) is 0. The van der Waals surface area contributed by atoms with Crippen LogP contribution in [-0.4, -0.2) is 13.1 Å². The summed E-state index contributed by atoms with van der Waals surface area (Å²) in [4.78, 5) is 0. The van der Waals surface area contributed by atoms with Crippen LogP contribution < -0.4 is 5.32 Å². The molecule has 3 heteroatoms. The highest BCUT2D eigenvalue weighted by Crippen LogP contribution is 2.42. The first-order valence-electron chi connectivity index (χ1n) is 8.19. The van der Waals surface area contributed by atoms with E-state index < -0.39 is 0 Å². The Morgan fingerprint density at radius 2 is 2.00 bits per heavy atom. The summed E-state index contributed by atoms with van der Waals surface area (Å²) < 4.78 is 28.7. The molecule has 1 aliphatic rings.